The van der Waals surface area contributed by atoms with E-state index in [9.17, 15) is 13.2 Å². The summed E-state index contributed by atoms with van der Waals surface area (Å²) < 4.78 is 26.9. The molecule has 1 fully saturated rings. The number of nitrogens with zero attached hydrogens (tertiary/aromatic N) is 1. The lowest BCUT2D eigenvalue weighted by molar-refractivity contribution is -0.126. The minimum absolute atomic E-state index is 0.0555. The molecule has 0 bridgehead atoms. The van der Waals surface area contributed by atoms with Gasteiger partial charge >= 0.3 is 0 Å². The average Bonchev–Trinajstić information content (AvgIpc) is 2.57. The summed E-state index contributed by atoms with van der Waals surface area (Å²) in [7, 11) is -3.51. The quantitative estimate of drug-likeness (QED) is 0.730. The molecule has 1 N–H and O–H groups in total. The van der Waals surface area contributed by atoms with Gasteiger partial charge in [0.25, 0.3) is 0 Å². The molecule has 0 aliphatic carbocycles. The van der Waals surface area contributed by atoms with E-state index in [4.69, 9.17) is 23.2 Å². The Kier molecular flexibility index (Phi) is 7.76. The number of rotatable bonds is 7. The summed E-state index contributed by atoms with van der Waals surface area (Å²) in [6.07, 6.45) is 2.31. The summed E-state index contributed by atoms with van der Waals surface area (Å²) in [6, 6.07) is 4.82. The number of carbonyl (C=O) groups excluding carboxylic acids is 1. The molecule has 1 amide bonds. The molecular weight excluding hydrogens is 395 g/mol. The zero-order valence-corrected chi connectivity index (χ0v) is 17.5. The Hall–Kier alpha value is -0.820. The van der Waals surface area contributed by atoms with Crippen LogP contribution in [0.2, 0.25) is 10.0 Å². The van der Waals surface area contributed by atoms with Crippen LogP contribution >= 0.6 is 23.2 Å². The van der Waals surface area contributed by atoms with Crippen LogP contribution < -0.4 is 5.32 Å². The van der Waals surface area contributed by atoms with Crippen LogP contribution in [0.4, 0.5) is 0 Å². The molecule has 8 heteroatoms. The SMILES string of the molecule is CC(C)CCNC(=O)C1CCCN(S(=O)(=O)Cc2ccc(Cl)c(Cl)c2)C1. The van der Waals surface area contributed by atoms with E-state index in [2.05, 4.69) is 19.2 Å². The van der Waals surface area contributed by atoms with Gasteiger partial charge < -0.3 is 5.32 Å². The van der Waals surface area contributed by atoms with Crippen molar-refractivity contribution in [1.29, 1.82) is 0 Å². The van der Waals surface area contributed by atoms with Gasteiger partial charge in [0.2, 0.25) is 15.9 Å². The molecule has 1 unspecified atom stereocenters. The fourth-order valence-corrected chi connectivity index (χ4v) is 4.89. The van der Waals surface area contributed by atoms with Crippen molar-refractivity contribution in [1.82, 2.24) is 9.62 Å². The maximum absolute atomic E-state index is 12.7. The second kappa shape index (κ2) is 9.40. The van der Waals surface area contributed by atoms with Crippen molar-refractivity contribution in [3.63, 3.8) is 0 Å². The van der Waals surface area contributed by atoms with Crippen molar-refractivity contribution in [2.75, 3.05) is 19.6 Å². The molecule has 0 saturated carbocycles. The highest BCUT2D eigenvalue weighted by Gasteiger charge is 2.32. The first-order valence-electron chi connectivity index (χ1n) is 8.88. The first-order valence-corrected chi connectivity index (χ1v) is 11.2. The van der Waals surface area contributed by atoms with Crippen molar-refractivity contribution < 1.29 is 13.2 Å². The predicted molar refractivity (Wildman–Crippen MR) is 106 cm³/mol. The molecule has 0 aromatic heterocycles. The third kappa shape index (κ3) is 6.12. The molecule has 1 saturated heterocycles. The molecule has 1 heterocycles. The van der Waals surface area contributed by atoms with Crippen molar-refractivity contribution in [3.05, 3.63) is 33.8 Å². The van der Waals surface area contributed by atoms with Crippen LogP contribution in [0.5, 0.6) is 0 Å². The van der Waals surface area contributed by atoms with E-state index in [-0.39, 0.29) is 24.1 Å². The summed E-state index contributed by atoms with van der Waals surface area (Å²) in [4.78, 5) is 12.3. The Labute approximate surface area is 166 Å². The zero-order chi connectivity index (χ0) is 19.3. The Balaban J connectivity index is 1.98. The number of nitrogens with one attached hydrogen (secondary N) is 1. The Morgan fingerprint density at radius 1 is 1.31 bits per heavy atom. The minimum Gasteiger partial charge on any atom is -0.356 e. The van der Waals surface area contributed by atoms with Gasteiger partial charge in [-0.1, -0.05) is 43.1 Å². The molecule has 5 nitrogen and oxygen atoms in total. The number of benzene rings is 1. The topological polar surface area (TPSA) is 66.5 Å². The van der Waals surface area contributed by atoms with Crippen molar-refractivity contribution >= 4 is 39.1 Å². The predicted octanol–water partition coefficient (Wildman–Crippen LogP) is 3.70. The molecule has 0 radical (unpaired) electrons. The van der Waals surface area contributed by atoms with E-state index >= 15 is 0 Å². The van der Waals surface area contributed by atoms with Gasteiger partial charge in [-0.05, 0) is 42.9 Å². The second-order valence-corrected chi connectivity index (χ2v) is 9.96. The smallest absolute Gasteiger partial charge is 0.224 e. The van der Waals surface area contributed by atoms with Crippen LogP contribution in [-0.2, 0) is 20.6 Å². The third-order valence-corrected chi connectivity index (χ3v) is 7.06. The summed E-state index contributed by atoms with van der Waals surface area (Å²) in [5.74, 6) is 0.0234. The highest BCUT2D eigenvalue weighted by molar-refractivity contribution is 7.88. The van der Waals surface area contributed by atoms with Crippen molar-refractivity contribution in [2.24, 2.45) is 11.8 Å². The molecule has 2 rings (SSSR count). The monoisotopic (exact) mass is 420 g/mol. The number of piperidine rings is 1. The molecule has 1 atom stereocenters. The Morgan fingerprint density at radius 2 is 2.04 bits per heavy atom. The van der Waals surface area contributed by atoms with Gasteiger partial charge in [-0.15, -0.1) is 0 Å². The van der Waals surface area contributed by atoms with Crippen LogP contribution in [-0.4, -0.2) is 38.3 Å². The molecule has 26 heavy (non-hydrogen) atoms. The van der Waals surface area contributed by atoms with Gasteiger partial charge in [0.05, 0.1) is 21.7 Å². The van der Waals surface area contributed by atoms with Gasteiger partial charge in [0, 0.05) is 19.6 Å². The lowest BCUT2D eigenvalue weighted by atomic mass is 9.98. The summed E-state index contributed by atoms with van der Waals surface area (Å²) in [6.45, 7) is 5.51. The van der Waals surface area contributed by atoms with Crippen LogP contribution in [0, 0.1) is 11.8 Å². The van der Waals surface area contributed by atoms with E-state index in [1.807, 2.05) is 0 Å². The van der Waals surface area contributed by atoms with Gasteiger partial charge in [0.1, 0.15) is 0 Å². The van der Waals surface area contributed by atoms with E-state index in [0.29, 0.717) is 47.5 Å². The Morgan fingerprint density at radius 3 is 2.69 bits per heavy atom. The molecule has 1 aromatic rings. The summed E-state index contributed by atoms with van der Waals surface area (Å²) in [5, 5.41) is 3.65. The number of hydrogen-bond acceptors (Lipinski definition) is 3. The Bertz CT molecular complexity index is 738. The maximum atomic E-state index is 12.7. The minimum atomic E-state index is -3.51. The average molecular weight is 421 g/mol. The van der Waals surface area contributed by atoms with Crippen LogP contribution in [0.3, 0.4) is 0 Å². The lowest BCUT2D eigenvalue weighted by Crippen LogP contribution is -2.45. The summed E-state index contributed by atoms with van der Waals surface area (Å²) >= 11 is 11.8. The van der Waals surface area contributed by atoms with Crippen molar-refractivity contribution in [3.8, 4) is 0 Å². The van der Waals surface area contributed by atoms with Crippen LogP contribution in [0.15, 0.2) is 18.2 Å². The van der Waals surface area contributed by atoms with Gasteiger partial charge in [0.15, 0.2) is 0 Å². The number of halogens is 2. The highest BCUT2D eigenvalue weighted by atomic mass is 35.5. The van der Waals surface area contributed by atoms with Gasteiger partial charge in [-0.2, -0.15) is 0 Å². The molecule has 1 aliphatic rings. The van der Waals surface area contributed by atoms with E-state index in [1.165, 1.54) is 4.31 Å². The number of carbonyl (C=O) groups is 1. The van der Waals surface area contributed by atoms with E-state index in [0.717, 1.165) is 6.42 Å². The normalized spacial score (nSPS) is 18.9. The standard InChI is InChI=1S/C18H26Cl2N2O3S/c1-13(2)7-8-21-18(23)15-4-3-9-22(11-15)26(24,25)12-14-5-6-16(19)17(20)10-14/h5-6,10,13,15H,3-4,7-9,11-12H2,1-2H3,(H,21,23). The van der Waals surface area contributed by atoms with Crippen LogP contribution in [0.1, 0.15) is 38.7 Å². The fourth-order valence-electron chi connectivity index (χ4n) is 2.97. The van der Waals surface area contributed by atoms with E-state index in [1.54, 1.807) is 18.2 Å². The fraction of sp³-hybridized carbons (Fsp3) is 0.611. The molecule has 0 spiro atoms. The van der Waals surface area contributed by atoms with Crippen molar-refractivity contribution in [2.45, 2.75) is 38.9 Å². The van der Waals surface area contributed by atoms with Gasteiger partial charge in [-0.25, -0.2) is 12.7 Å². The number of amides is 1. The summed E-state index contributed by atoms with van der Waals surface area (Å²) in [5.41, 5.74) is 0.586. The molecule has 1 aromatic carbocycles. The molecular formula is C18H26Cl2N2O3S. The first kappa shape index (κ1) is 21.5. The third-order valence-electron chi connectivity index (χ3n) is 4.50. The molecule has 146 valence electrons. The second-order valence-electron chi connectivity index (χ2n) is 7.18. The van der Waals surface area contributed by atoms with E-state index < -0.39 is 10.0 Å². The van der Waals surface area contributed by atoms with Crippen LogP contribution in [0.25, 0.3) is 0 Å². The largest absolute Gasteiger partial charge is 0.356 e. The number of sulfonamides is 1. The zero-order valence-electron chi connectivity index (χ0n) is 15.2. The number of hydrogen-bond donors (Lipinski definition) is 1. The molecule has 1 aliphatic heterocycles. The highest BCUT2D eigenvalue weighted by Crippen LogP contribution is 2.26. The lowest BCUT2D eigenvalue weighted by Gasteiger charge is -2.31. The first-order chi connectivity index (χ1) is 12.2. The van der Waals surface area contributed by atoms with Gasteiger partial charge in [-0.3, -0.25) is 4.79 Å². The maximum Gasteiger partial charge on any atom is 0.224 e.